The Balaban J connectivity index is 2.20. The van der Waals surface area contributed by atoms with Crippen LogP contribution in [-0.2, 0) is 5.75 Å². The molecule has 0 saturated carbocycles. The molecule has 2 nitrogen and oxygen atoms in total. The first-order valence-corrected chi connectivity index (χ1v) is 5.85. The lowest BCUT2D eigenvalue weighted by Gasteiger charge is -2.16. The average Bonchev–Trinajstić information content (AvgIpc) is 2.36. The van der Waals surface area contributed by atoms with Crippen LogP contribution in [0.15, 0.2) is 11.7 Å². The highest BCUT2D eigenvalue weighted by atomic mass is 32.2. The van der Waals surface area contributed by atoms with Crippen molar-refractivity contribution in [2.24, 2.45) is 5.73 Å². The first kappa shape index (κ1) is 10.0. The molecule has 0 aromatic carbocycles. The van der Waals surface area contributed by atoms with E-state index in [2.05, 4.69) is 4.98 Å². The molecular weight excluding hydrogens is 188 g/mol. The Morgan fingerprint density at radius 2 is 2.42 bits per heavy atom. The molecule has 0 spiro atoms. The van der Waals surface area contributed by atoms with Gasteiger partial charge < -0.3 is 5.73 Å². The molecule has 0 atom stereocenters. The lowest BCUT2D eigenvalue weighted by molar-refractivity contribution is 0.591. The van der Waals surface area contributed by atoms with Gasteiger partial charge in [-0.15, -0.1) is 11.3 Å². The van der Waals surface area contributed by atoms with Crippen molar-refractivity contribution in [2.45, 2.75) is 25.1 Å². The monoisotopic (exact) mass is 202 g/mol. The van der Waals surface area contributed by atoms with Gasteiger partial charge in [-0.1, -0.05) is 0 Å². The number of hydrogen-bond acceptors (Lipinski definition) is 4. The van der Waals surface area contributed by atoms with Crippen LogP contribution in [0.1, 0.15) is 18.7 Å². The second-order valence-electron chi connectivity index (χ2n) is 3.45. The summed E-state index contributed by atoms with van der Waals surface area (Å²) in [5, 5.41) is 0. The molecular formula is C8H14N2S2. The second-order valence-corrected chi connectivity index (χ2v) is 5.41. The van der Waals surface area contributed by atoms with Crippen LogP contribution in [-0.4, -0.2) is 16.3 Å². The molecule has 0 saturated heterocycles. The molecule has 68 valence electrons. The van der Waals surface area contributed by atoms with Crippen molar-refractivity contribution in [3.8, 4) is 0 Å². The minimum atomic E-state index is -0.0602. The fourth-order valence-electron chi connectivity index (χ4n) is 0.728. The van der Waals surface area contributed by atoms with E-state index in [4.69, 9.17) is 5.73 Å². The van der Waals surface area contributed by atoms with Crippen molar-refractivity contribution in [3.63, 3.8) is 0 Å². The maximum absolute atomic E-state index is 5.84. The summed E-state index contributed by atoms with van der Waals surface area (Å²) in [5.41, 5.74) is 7.65. The van der Waals surface area contributed by atoms with Crippen molar-refractivity contribution in [1.29, 1.82) is 0 Å². The maximum Gasteiger partial charge on any atom is 0.0794 e. The Morgan fingerprint density at radius 3 is 2.92 bits per heavy atom. The molecule has 1 rings (SSSR count). The van der Waals surface area contributed by atoms with Crippen LogP contribution < -0.4 is 5.73 Å². The van der Waals surface area contributed by atoms with Crippen LogP contribution in [0.3, 0.4) is 0 Å². The van der Waals surface area contributed by atoms with Crippen molar-refractivity contribution in [3.05, 3.63) is 16.6 Å². The van der Waals surface area contributed by atoms with Gasteiger partial charge in [0.05, 0.1) is 5.51 Å². The normalized spacial score (nSPS) is 11.9. The molecule has 2 N–H and O–H groups in total. The van der Waals surface area contributed by atoms with Crippen LogP contribution >= 0.6 is 23.1 Å². The molecule has 0 aliphatic heterocycles. The number of nitrogens with zero attached hydrogens (tertiary/aromatic N) is 1. The molecule has 1 aromatic rings. The van der Waals surface area contributed by atoms with Crippen LogP contribution in [0.4, 0.5) is 0 Å². The predicted octanol–water partition coefficient (Wildman–Crippen LogP) is 2.11. The van der Waals surface area contributed by atoms with Crippen LogP contribution in [0.5, 0.6) is 0 Å². The summed E-state index contributed by atoms with van der Waals surface area (Å²) in [6, 6.07) is 0. The maximum atomic E-state index is 5.84. The quantitative estimate of drug-likeness (QED) is 0.813. The van der Waals surface area contributed by atoms with Gasteiger partial charge in [-0.05, 0) is 13.8 Å². The van der Waals surface area contributed by atoms with Gasteiger partial charge in [0, 0.05) is 28.1 Å². The van der Waals surface area contributed by atoms with E-state index in [-0.39, 0.29) is 5.54 Å². The predicted molar refractivity (Wildman–Crippen MR) is 56.5 cm³/mol. The molecule has 0 bridgehead atoms. The SMILES string of the molecule is CC(C)(N)CSCc1cncs1. The van der Waals surface area contributed by atoms with Crippen molar-refractivity contribution in [1.82, 2.24) is 4.98 Å². The van der Waals surface area contributed by atoms with Crippen molar-refractivity contribution < 1.29 is 0 Å². The van der Waals surface area contributed by atoms with Gasteiger partial charge in [0.2, 0.25) is 0 Å². The highest BCUT2D eigenvalue weighted by molar-refractivity contribution is 7.98. The third-order valence-corrected chi connectivity index (χ3v) is 3.63. The van der Waals surface area contributed by atoms with Crippen LogP contribution in [0, 0.1) is 0 Å². The minimum absolute atomic E-state index is 0.0602. The summed E-state index contributed by atoms with van der Waals surface area (Å²) >= 11 is 3.56. The summed E-state index contributed by atoms with van der Waals surface area (Å²) in [4.78, 5) is 5.33. The Morgan fingerprint density at radius 1 is 1.67 bits per heavy atom. The van der Waals surface area contributed by atoms with Gasteiger partial charge in [-0.2, -0.15) is 11.8 Å². The fraction of sp³-hybridized carbons (Fsp3) is 0.625. The summed E-state index contributed by atoms with van der Waals surface area (Å²) in [6.45, 7) is 4.10. The molecule has 0 unspecified atom stereocenters. The third-order valence-electron chi connectivity index (χ3n) is 1.20. The average molecular weight is 202 g/mol. The van der Waals surface area contributed by atoms with Crippen molar-refractivity contribution in [2.75, 3.05) is 5.75 Å². The minimum Gasteiger partial charge on any atom is -0.325 e. The fourth-order valence-corrected chi connectivity index (χ4v) is 2.53. The lowest BCUT2D eigenvalue weighted by Crippen LogP contribution is -2.34. The lowest BCUT2D eigenvalue weighted by atomic mass is 10.1. The zero-order chi connectivity index (χ0) is 9.03. The van der Waals surface area contributed by atoms with Gasteiger partial charge in [0.15, 0.2) is 0 Å². The Kier molecular flexibility index (Phi) is 3.55. The number of thioether (sulfide) groups is 1. The summed E-state index contributed by atoms with van der Waals surface area (Å²) in [7, 11) is 0. The van der Waals surface area contributed by atoms with Gasteiger partial charge in [-0.25, -0.2) is 0 Å². The van der Waals surface area contributed by atoms with Crippen LogP contribution in [0.25, 0.3) is 0 Å². The molecule has 0 aliphatic carbocycles. The largest absolute Gasteiger partial charge is 0.325 e. The molecule has 0 amide bonds. The van der Waals surface area contributed by atoms with Gasteiger partial charge in [0.25, 0.3) is 0 Å². The van der Waals surface area contributed by atoms with E-state index < -0.39 is 0 Å². The number of hydrogen-bond donors (Lipinski definition) is 1. The van der Waals surface area contributed by atoms with E-state index in [1.54, 1.807) is 11.3 Å². The smallest absolute Gasteiger partial charge is 0.0794 e. The van der Waals surface area contributed by atoms with E-state index in [1.807, 2.05) is 37.3 Å². The van der Waals surface area contributed by atoms with Gasteiger partial charge >= 0.3 is 0 Å². The second kappa shape index (κ2) is 4.25. The van der Waals surface area contributed by atoms with E-state index in [0.717, 1.165) is 11.5 Å². The van der Waals surface area contributed by atoms with Crippen molar-refractivity contribution >= 4 is 23.1 Å². The van der Waals surface area contributed by atoms with Gasteiger partial charge in [0.1, 0.15) is 0 Å². The Labute approximate surface area is 81.6 Å². The summed E-state index contributed by atoms with van der Waals surface area (Å²) < 4.78 is 0. The van der Waals surface area contributed by atoms with E-state index in [9.17, 15) is 0 Å². The zero-order valence-corrected chi connectivity index (χ0v) is 9.04. The molecule has 12 heavy (non-hydrogen) atoms. The highest BCUT2D eigenvalue weighted by Gasteiger charge is 2.10. The van der Waals surface area contributed by atoms with E-state index in [1.165, 1.54) is 4.88 Å². The number of aromatic nitrogens is 1. The highest BCUT2D eigenvalue weighted by Crippen LogP contribution is 2.18. The first-order valence-electron chi connectivity index (χ1n) is 3.82. The molecule has 1 aromatic heterocycles. The topological polar surface area (TPSA) is 38.9 Å². The summed E-state index contributed by atoms with van der Waals surface area (Å²) in [6.07, 6.45) is 1.92. The Hall–Kier alpha value is -0.0600. The summed E-state index contributed by atoms with van der Waals surface area (Å²) in [5.74, 6) is 2.02. The van der Waals surface area contributed by atoms with E-state index in [0.29, 0.717) is 0 Å². The zero-order valence-electron chi connectivity index (χ0n) is 7.41. The van der Waals surface area contributed by atoms with E-state index >= 15 is 0 Å². The molecule has 0 fully saturated rings. The number of rotatable bonds is 4. The van der Waals surface area contributed by atoms with Gasteiger partial charge in [-0.3, -0.25) is 4.98 Å². The standard InChI is InChI=1S/C8H14N2S2/c1-8(2,9)5-11-4-7-3-10-6-12-7/h3,6H,4-5,9H2,1-2H3. The number of nitrogens with two attached hydrogens (primary N) is 1. The molecule has 4 heteroatoms. The molecule has 0 aliphatic rings. The number of thiazole rings is 1. The third kappa shape index (κ3) is 4.09. The first-order chi connectivity index (χ1) is 5.58. The molecule has 0 radical (unpaired) electrons. The molecule has 1 heterocycles. The Bertz CT molecular complexity index is 213. The van der Waals surface area contributed by atoms with Crippen LogP contribution in [0.2, 0.25) is 0 Å².